The maximum Gasteiger partial charge on any atom is 0.207 e. The number of aryl methyl sites for hydroxylation is 1. The summed E-state index contributed by atoms with van der Waals surface area (Å²) in [5, 5.41) is 12.3. The van der Waals surface area contributed by atoms with E-state index in [-0.39, 0.29) is 11.5 Å². The second-order valence-electron chi connectivity index (χ2n) is 7.42. The molecule has 1 N–H and O–H groups in total. The molecule has 2 aromatic rings. The largest absolute Gasteiger partial charge is 0.504 e. The lowest BCUT2D eigenvalue weighted by Crippen LogP contribution is -2.34. The molecule has 0 heterocycles. The summed E-state index contributed by atoms with van der Waals surface area (Å²) in [6.45, 7) is 10.1. The summed E-state index contributed by atoms with van der Waals surface area (Å²) in [5.41, 5.74) is 3.38. The van der Waals surface area contributed by atoms with Gasteiger partial charge in [0.1, 0.15) is 5.75 Å². The second kappa shape index (κ2) is 5.37. The van der Waals surface area contributed by atoms with E-state index < -0.39 is 5.41 Å². The molecule has 0 fully saturated rings. The molecule has 2 aromatic carbocycles. The average molecular weight is 324 g/mol. The zero-order chi connectivity index (χ0) is 17.8. The van der Waals surface area contributed by atoms with E-state index >= 15 is 0 Å². The van der Waals surface area contributed by atoms with Crippen molar-refractivity contribution in [3.05, 3.63) is 46.2 Å². The standard InChI is InChI=1S/C21H24O3/c1-11(2)14-7-13-8-17-16(9-18(22)20(23)21(17,4)5)12(3)15(13)10-19(14)24-6/h7-11,22H,1-6H3. The molecule has 0 spiro atoms. The zero-order valence-electron chi connectivity index (χ0n) is 15.2. The summed E-state index contributed by atoms with van der Waals surface area (Å²) >= 11 is 0. The van der Waals surface area contributed by atoms with Crippen LogP contribution in [-0.4, -0.2) is 18.0 Å². The van der Waals surface area contributed by atoms with Gasteiger partial charge in [-0.05, 0) is 84.0 Å². The smallest absolute Gasteiger partial charge is 0.207 e. The third kappa shape index (κ3) is 2.22. The van der Waals surface area contributed by atoms with Crippen molar-refractivity contribution in [1.29, 1.82) is 0 Å². The van der Waals surface area contributed by atoms with Gasteiger partial charge >= 0.3 is 0 Å². The van der Waals surface area contributed by atoms with Crippen LogP contribution >= 0.6 is 0 Å². The Morgan fingerprint density at radius 1 is 1.17 bits per heavy atom. The number of ether oxygens (including phenoxy) is 1. The molecule has 0 aromatic heterocycles. The number of carbonyl (C=O) groups excluding carboxylic acids is 1. The molecule has 0 saturated carbocycles. The lowest BCUT2D eigenvalue weighted by atomic mass is 9.72. The van der Waals surface area contributed by atoms with Gasteiger partial charge in [-0.1, -0.05) is 13.8 Å². The van der Waals surface area contributed by atoms with Crippen LogP contribution in [0, 0.1) is 6.92 Å². The fourth-order valence-corrected chi connectivity index (χ4v) is 3.61. The number of carbonyl (C=O) groups is 1. The third-order valence-corrected chi connectivity index (χ3v) is 5.18. The van der Waals surface area contributed by atoms with Crippen LogP contribution in [0.25, 0.3) is 16.8 Å². The number of methoxy groups -OCH3 is 1. The monoisotopic (exact) mass is 324 g/mol. The average Bonchev–Trinajstić information content (AvgIpc) is 2.53. The van der Waals surface area contributed by atoms with Crippen molar-refractivity contribution in [3.63, 3.8) is 0 Å². The van der Waals surface area contributed by atoms with E-state index in [0.29, 0.717) is 5.92 Å². The molecule has 3 rings (SSSR count). The lowest BCUT2D eigenvalue weighted by Gasteiger charge is -2.31. The minimum Gasteiger partial charge on any atom is -0.504 e. The molecule has 0 aliphatic heterocycles. The summed E-state index contributed by atoms with van der Waals surface area (Å²) in [4.78, 5) is 12.4. The number of benzene rings is 2. The van der Waals surface area contributed by atoms with Gasteiger partial charge in [-0.25, -0.2) is 0 Å². The van der Waals surface area contributed by atoms with Crippen LogP contribution in [0.2, 0.25) is 0 Å². The van der Waals surface area contributed by atoms with Gasteiger partial charge < -0.3 is 9.84 Å². The first-order chi connectivity index (χ1) is 11.2. The highest BCUT2D eigenvalue weighted by molar-refractivity contribution is 6.09. The molecule has 1 aliphatic rings. The summed E-state index contributed by atoms with van der Waals surface area (Å²) in [6.07, 6.45) is 1.60. The Morgan fingerprint density at radius 3 is 2.42 bits per heavy atom. The van der Waals surface area contributed by atoms with Crippen molar-refractivity contribution < 1.29 is 14.6 Å². The van der Waals surface area contributed by atoms with Gasteiger partial charge in [0.05, 0.1) is 12.5 Å². The molecular formula is C21H24O3. The Balaban J connectivity index is 2.42. The molecule has 0 saturated heterocycles. The van der Waals surface area contributed by atoms with E-state index in [9.17, 15) is 9.90 Å². The first-order valence-electron chi connectivity index (χ1n) is 8.29. The van der Waals surface area contributed by atoms with Crippen molar-refractivity contribution in [2.24, 2.45) is 0 Å². The van der Waals surface area contributed by atoms with E-state index in [1.807, 2.05) is 20.8 Å². The minimum absolute atomic E-state index is 0.166. The quantitative estimate of drug-likeness (QED) is 0.842. The molecule has 3 heteroatoms. The van der Waals surface area contributed by atoms with Gasteiger partial charge in [0.25, 0.3) is 0 Å². The fraction of sp³-hybridized carbons (Fsp3) is 0.381. The fourth-order valence-electron chi connectivity index (χ4n) is 3.61. The molecular weight excluding hydrogens is 300 g/mol. The second-order valence-corrected chi connectivity index (χ2v) is 7.42. The Bertz CT molecular complexity index is 886. The molecule has 0 radical (unpaired) electrons. The summed E-state index contributed by atoms with van der Waals surface area (Å²) in [5.74, 6) is 0.825. The minimum atomic E-state index is -0.731. The van der Waals surface area contributed by atoms with E-state index in [1.165, 1.54) is 0 Å². The number of aliphatic hydroxyl groups excluding tert-OH is 1. The molecule has 0 amide bonds. The van der Waals surface area contributed by atoms with Crippen LogP contribution in [0.4, 0.5) is 0 Å². The predicted octanol–water partition coefficient (Wildman–Crippen LogP) is 5.04. The third-order valence-electron chi connectivity index (χ3n) is 5.18. The molecule has 3 nitrogen and oxygen atoms in total. The van der Waals surface area contributed by atoms with Crippen LogP contribution in [0.5, 0.6) is 5.75 Å². The Morgan fingerprint density at radius 2 is 1.83 bits per heavy atom. The maximum atomic E-state index is 12.4. The highest BCUT2D eigenvalue weighted by Crippen LogP contribution is 2.41. The van der Waals surface area contributed by atoms with Crippen molar-refractivity contribution in [1.82, 2.24) is 0 Å². The van der Waals surface area contributed by atoms with Crippen LogP contribution in [-0.2, 0) is 10.2 Å². The number of aliphatic hydroxyl groups is 1. The normalized spacial score (nSPS) is 16.3. The highest BCUT2D eigenvalue weighted by Gasteiger charge is 2.38. The molecule has 126 valence electrons. The number of ketones is 1. The summed E-state index contributed by atoms with van der Waals surface area (Å²) < 4.78 is 5.57. The van der Waals surface area contributed by atoms with Crippen LogP contribution in [0.15, 0.2) is 24.0 Å². The molecule has 0 unspecified atom stereocenters. The van der Waals surface area contributed by atoms with Gasteiger partial charge in [-0.15, -0.1) is 0 Å². The van der Waals surface area contributed by atoms with Crippen LogP contribution < -0.4 is 4.74 Å². The van der Waals surface area contributed by atoms with Crippen molar-refractivity contribution in [2.75, 3.05) is 7.11 Å². The van der Waals surface area contributed by atoms with Gasteiger partial charge in [-0.2, -0.15) is 0 Å². The molecule has 0 atom stereocenters. The summed E-state index contributed by atoms with van der Waals surface area (Å²) in [7, 11) is 1.69. The van der Waals surface area contributed by atoms with Crippen LogP contribution in [0.3, 0.4) is 0 Å². The first kappa shape index (κ1) is 16.6. The molecule has 0 bridgehead atoms. The highest BCUT2D eigenvalue weighted by atomic mass is 16.5. The van der Waals surface area contributed by atoms with Crippen molar-refractivity contribution in [2.45, 2.75) is 46.0 Å². The number of hydrogen-bond donors (Lipinski definition) is 1. The maximum absolute atomic E-state index is 12.4. The van der Waals surface area contributed by atoms with E-state index in [4.69, 9.17) is 4.74 Å². The number of rotatable bonds is 2. The van der Waals surface area contributed by atoms with Gasteiger partial charge in [0, 0.05) is 0 Å². The van der Waals surface area contributed by atoms with Gasteiger partial charge in [-0.3, -0.25) is 4.79 Å². The number of Topliss-reactive ketones (excluding diaryl/α,β-unsaturated/α-hetero) is 1. The lowest BCUT2D eigenvalue weighted by molar-refractivity contribution is -0.122. The first-order valence-corrected chi connectivity index (χ1v) is 8.29. The summed E-state index contributed by atoms with van der Waals surface area (Å²) in [6, 6.07) is 6.31. The van der Waals surface area contributed by atoms with Gasteiger partial charge in [0.2, 0.25) is 5.78 Å². The molecule has 24 heavy (non-hydrogen) atoms. The predicted molar refractivity (Wildman–Crippen MR) is 98.0 cm³/mol. The van der Waals surface area contributed by atoms with Crippen molar-refractivity contribution >= 4 is 22.6 Å². The van der Waals surface area contributed by atoms with Crippen LogP contribution in [0.1, 0.15) is 55.9 Å². The van der Waals surface area contributed by atoms with Gasteiger partial charge in [0.15, 0.2) is 5.76 Å². The Hall–Kier alpha value is -2.29. The number of hydrogen-bond acceptors (Lipinski definition) is 3. The Kier molecular flexibility index (Phi) is 3.71. The van der Waals surface area contributed by atoms with E-state index in [1.54, 1.807) is 13.2 Å². The molecule has 1 aliphatic carbocycles. The van der Waals surface area contributed by atoms with Crippen molar-refractivity contribution in [3.8, 4) is 5.75 Å². The Labute approximate surface area is 143 Å². The number of allylic oxidation sites excluding steroid dienone is 1. The van der Waals surface area contributed by atoms with E-state index in [2.05, 4.69) is 32.0 Å². The SMILES string of the molecule is COc1cc2c(C)c3c(cc2cc1C(C)C)C(C)(C)C(=O)C(O)=C3. The zero-order valence-corrected chi connectivity index (χ0v) is 15.2. The topological polar surface area (TPSA) is 46.5 Å². The van der Waals surface area contributed by atoms with E-state index in [0.717, 1.165) is 38.8 Å². The number of fused-ring (bicyclic) bond motifs is 2.